The van der Waals surface area contributed by atoms with E-state index in [0.29, 0.717) is 5.84 Å². The van der Waals surface area contributed by atoms with Gasteiger partial charge in [0.05, 0.1) is 16.7 Å². The zero-order chi connectivity index (χ0) is 33.6. The molecular weight excluding hydrogens is 643 g/mol. The summed E-state index contributed by atoms with van der Waals surface area (Å²) in [5.41, 5.74) is 14.0. The van der Waals surface area contributed by atoms with Crippen LogP contribution in [-0.2, 0) is 6.42 Å². The van der Waals surface area contributed by atoms with Crippen LogP contribution >= 0.6 is 11.3 Å². The molecule has 10 aromatic rings. The second-order valence-electron chi connectivity index (χ2n) is 13.3. The van der Waals surface area contributed by atoms with Crippen LogP contribution in [0, 0.1) is 0 Å². The minimum absolute atomic E-state index is 0.467. The molecule has 11 rings (SSSR count). The molecule has 0 saturated heterocycles. The molecule has 0 radical (unpaired) electrons. The molecular formula is C46H29N3OS. The number of para-hydroxylation sites is 2. The Bertz CT molecular complexity index is 3110. The molecule has 2 aromatic heterocycles. The highest BCUT2D eigenvalue weighted by molar-refractivity contribution is 7.26. The van der Waals surface area contributed by atoms with Crippen molar-refractivity contribution in [2.75, 3.05) is 0 Å². The van der Waals surface area contributed by atoms with Crippen molar-refractivity contribution in [1.82, 2.24) is 4.57 Å². The third-order valence-electron chi connectivity index (χ3n) is 10.5. The maximum atomic E-state index is 6.80. The monoisotopic (exact) mass is 671 g/mol. The van der Waals surface area contributed by atoms with E-state index in [0.717, 1.165) is 57.0 Å². The van der Waals surface area contributed by atoms with Crippen LogP contribution in [0.1, 0.15) is 16.7 Å². The normalized spacial score (nSPS) is 13.0. The van der Waals surface area contributed by atoms with Crippen LogP contribution in [0.3, 0.4) is 0 Å². The third kappa shape index (κ3) is 4.22. The molecule has 0 spiro atoms. The zero-order valence-electron chi connectivity index (χ0n) is 27.4. The number of fused-ring (bicyclic) bond motifs is 13. The molecule has 8 aromatic carbocycles. The lowest BCUT2D eigenvalue weighted by Crippen LogP contribution is -2.14. The molecule has 0 bridgehead atoms. The first-order valence-corrected chi connectivity index (χ1v) is 18.0. The Kier molecular flexibility index (Phi) is 6.01. The van der Waals surface area contributed by atoms with Crippen LogP contribution < -0.4 is 10.5 Å². The van der Waals surface area contributed by atoms with Crippen LogP contribution in [0.5, 0.6) is 11.5 Å². The van der Waals surface area contributed by atoms with Gasteiger partial charge in [0.1, 0.15) is 17.3 Å². The summed E-state index contributed by atoms with van der Waals surface area (Å²) in [5, 5.41) is 10.3. The smallest absolute Gasteiger partial charge is 0.133 e. The standard InChI is InChI=1S/C46H29N3OS/c47-46(48-37-14-8-17-41-36(37)26-27-9-1-5-16-40(27)50-41)28-10-7-11-29(25-28)49-38-15-4-2-12-34(38)44-32-19-20-33-31(30(32)21-23-39(44)49)22-24-43-45(33)35-13-3-6-18-42(35)51-43/h1-25H,26H2,(H2,47,48). The van der Waals surface area contributed by atoms with Gasteiger partial charge >= 0.3 is 0 Å². The third-order valence-corrected chi connectivity index (χ3v) is 11.6. The first-order valence-electron chi connectivity index (χ1n) is 17.2. The fourth-order valence-electron chi connectivity index (χ4n) is 8.18. The van der Waals surface area contributed by atoms with Gasteiger partial charge in [0, 0.05) is 54.2 Å². The predicted octanol–water partition coefficient (Wildman–Crippen LogP) is 12.2. The lowest BCUT2D eigenvalue weighted by Gasteiger charge is -2.21. The maximum Gasteiger partial charge on any atom is 0.133 e. The Morgan fingerprint density at radius 3 is 2.22 bits per heavy atom. The second-order valence-corrected chi connectivity index (χ2v) is 14.4. The fourth-order valence-corrected chi connectivity index (χ4v) is 9.30. The van der Waals surface area contributed by atoms with Gasteiger partial charge in [-0.1, -0.05) is 97.1 Å². The summed E-state index contributed by atoms with van der Waals surface area (Å²) >= 11 is 1.87. The number of amidine groups is 1. The lowest BCUT2D eigenvalue weighted by atomic mass is 9.96. The summed E-state index contributed by atoms with van der Waals surface area (Å²) in [4.78, 5) is 4.97. The summed E-state index contributed by atoms with van der Waals surface area (Å²) in [7, 11) is 0. The van der Waals surface area contributed by atoms with E-state index in [1.54, 1.807) is 0 Å². The van der Waals surface area contributed by atoms with E-state index in [1.165, 1.54) is 52.5 Å². The highest BCUT2D eigenvalue weighted by atomic mass is 32.1. The average molecular weight is 672 g/mol. The molecule has 0 atom stereocenters. The van der Waals surface area contributed by atoms with Crippen molar-refractivity contribution in [3.05, 3.63) is 168 Å². The van der Waals surface area contributed by atoms with Crippen molar-refractivity contribution in [2.45, 2.75) is 6.42 Å². The first kappa shape index (κ1) is 28.4. The molecule has 0 fully saturated rings. The Balaban J connectivity index is 1.07. The van der Waals surface area contributed by atoms with Gasteiger partial charge in [0.15, 0.2) is 0 Å². The Labute approximate surface area is 297 Å². The SMILES string of the molecule is NC(=Nc1cccc2c1Cc1ccccc1O2)c1cccc(-n2c3ccccc3c3c4ccc5c(ccc6sc7ccccc7c65)c4ccc32)c1. The summed E-state index contributed by atoms with van der Waals surface area (Å²) in [6, 6.07) is 53.8. The number of aromatic nitrogens is 1. The summed E-state index contributed by atoms with van der Waals surface area (Å²) in [5.74, 6) is 2.19. The number of hydrogen-bond acceptors (Lipinski definition) is 3. The van der Waals surface area contributed by atoms with Crippen LogP contribution in [0.25, 0.3) is 69.2 Å². The number of nitrogens with zero attached hydrogens (tertiary/aromatic N) is 2. The molecule has 0 amide bonds. The van der Waals surface area contributed by atoms with E-state index in [2.05, 4.69) is 114 Å². The Morgan fingerprint density at radius 1 is 0.569 bits per heavy atom. The van der Waals surface area contributed by atoms with E-state index in [-0.39, 0.29) is 0 Å². The van der Waals surface area contributed by atoms with Gasteiger partial charge in [-0.3, -0.25) is 0 Å². The van der Waals surface area contributed by atoms with Gasteiger partial charge in [0.2, 0.25) is 0 Å². The molecule has 3 heterocycles. The number of nitrogens with two attached hydrogens (primary N) is 1. The van der Waals surface area contributed by atoms with E-state index in [1.807, 2.05) is 53.8 Å². The minimum Gasteiger partial charge on any atom is -0.457 e. The summed E-state index contributed by atoms with van der Waals surface area (Å²) in [6.07, 6.45) is 0.748. The molecule has 1 aliphatic rings. The molecule has 5 heteroatoms. The van der Waals surface area contributed by atoms with Crippen molar-refractivity contribution in [3.63, 3.8) is 0 Å². The number of thiophene rings is 1. The van der Waals surface area contributed by atoms with Gasteiger partial charge in [-0.25, -0.2) is 4.99 Å². The second kappa shape index (κ2) is 10.8. The van der Waals surface area contributed by atoms with Gasteiger partial charge in [0.25, 0.3) is 0 Å². The molecule has 240 valence electrons. The van der Waals surface area contributed by atoms with E-state index < -0.39 is 0 Å². The van der Waals surface area contributed by atoms with Gasteiger partial charge in [-0.05, 0) is 81.7 Å². The van der Waals surface area contributed by atoms with E-state index in [4.69, 9.17) is 15.5 Å². The average Bonchev–Trinajstić information content (AvgIpc) is 3.73. The molecule has 0 unspecified atom stereocenters. The quantitative estimate of drug-likeness (QED) is 0.115. The molecule has 0 aliphatic carbocycles. The largest absolute Gasteiger partial charge is 0.457 e. The molecule has 4 nitrogen and oxygen atoms in total. The highest BCUT2D eigenvalue weighted by Gasteiger charge is 2.21. The number of hydrogen-bond donors (Lipinski definition) is 1. The fraction of sp³-hybridized carbons (Fsp3) is 0.0217. The van der Waals surface area contributed by atoms with Crippen LogP contribution in [0.15, 0.2) is 157 Å². The first-order chi connectivity index (χ1) is 25.2. The molecule has 0 saturated carbocycles. The number of aliphatic imine (C=N–C) groups is 1. The van der Waals surface area contributed by atoms with Crippen molar-refractivity contribution >= 4 is 86.4 Å². The number of rotatable bonds is 3. The summed E-state index contributed by atoms with van der Waals surface area (Å²) in [6.45, 7) is 0. The number of benzene rings is 8. The molecule has 2 N–H and O–H groups in total. The van der Waals surface area contributed by atoms with Crippen molar-refractivity contribution in [3.8, 4) is 17.2 Å². The predicted molar refractivity (Wildman–Crippen MR) is 215 cm³/mol. The van der Waals surface area contributed by atoms with Gasteiger partial charge in [-0.15, -0.1) is 11.3 Å². The van der Waals surface area contributed by atoms with E-state index in [9.17, 15) is 0 Å². The lowest BCUT2D eigenvalue weighted by molar-refractivity contribution is 0.460. The summed E-state index contributed by atoms with van der Waals surface area (Å²) < 4.78 is 11.2. The maximum absolute atomic E-state index is 6.80. The molecule has 51 heavy (non-hydrogen) atoms. The minimum atomic E-state index is 0.467. The van der Waals surface area contributed by atoms with Crippen LogP contribution in [0.4, 0.5) is 5.69 Å². The zero-order valence-corrected chi connectivity index (χ0v) is 28.2. The molecule has 1 aliphatic heterocycles. The van der Waals surface area contributed by atoms with E-state index >= 15 is 0 Å². The van der Waals surface area contributed by atoms with Crippen LogP contribution in [-0.4, -0.2) is 10.4 Å². The van der Waals surface area contributed by atoms with Crippen molar-refractivity contribution < 1.29 is 4.74 Å². The highest BCUT2D eigenvalue weighted by Crippen LogP contribution is 2.44. The van der Waals surface area contributed by atoms with Crippen molar-refractivity contribution in [2.24, 2.45) is 10.7 Å². The topological polar surface area (TPSA) is 52.5 Å². The van der Waals surface area contributed by atoms with Crippen molar-refractivity contribution in [1.29, 1.82) is 0 Å². The van der Waals surface area contributed by atoms with Crippen LogP contribution in [0.2, 0.25) is 0 Å². The number of ether oxygens (including phenoxy) is 1. The Morgan fingerprint density at radius 2 is 1.29 bits per heavy atom. The van der Waals surface area contributed by atoms with Gasteiger partial charge < -0.3 is 15.0 Å². The Hall–Kier alpha value is -6.43. The van der Waals surface area contributed by atoms with Gasteiger partial charge in [-0.2, -0.15) is 0 Å².